The Morgan fingerprint density at radius 2 is 2.00 bits per heavy atom. The van der Waals surface area contributed by atoms with Gasteiger partial charge in [-0.15, -0.1) is 0 Å². The van der Waals surface area contributed by atoms with Gasteiger partial charge in [-0.3, -0.25) is 23.7 Å². The van der Waals surface area contributed by atoms with Crippen molar-refractivity contribution in [2.75, 3.05) is 19.5 Å². The molecule has 162 valence electrons. The molecule has 0 unspecified atom stereocenters. The van der Waals surface area contributed by atoms with Crippen LogP contribution in [-0.4, -0.2) is 44.7 Å². The van der Waals surface area contributed by atoms with Gasteiger partial charge in [-0.2, -0.15) is 0 Å². The lowest BCUT2D eigenvalue weighted by Gasteiger charge is -2.07. The molecule has 29 heavy (non-hydrogen) atoms. The predicted molar refractivity (Wildman–Crippen MR) is 107 cm³/mol. The van der Waals surface area contributed by atoms with Crippen LogP contribution < -0.4 is 16.6 Å². The molecule has 0 bridgehead atoms. The maximum absolute atomic E-state index is 11.8. The minimum Gasteiger partial charge on any atom is -0.367 e. The number of hydrogen-bond acceptors (Lipinski definition) is 5. The summed E-state index contributed by atoms with van der Waals surface area (Å²) < 4.78 is 16.6. The first kappa shape index (κ1) is 24.9. The number of unbranched alkanes of at least 4 members (excludes halogenated alkanes) is 4. The van der Waals surface area contributed by atoms with E-state index in [1.54, 1.807) is 0 Å². The molecule has 0 atom stereocenters. The molecule has 0 saturated carbocycles. The SMILES string of the molecule is CCCCCCCC(=O)NCC#Cc1cn(CCOCP(=O)(O)O)c(=O)[nH]c1=O. The average molecular weight is 429 g/mol. The zero-order chi connectivity index (χ0) is 21.7. The lowest BCUT2D eigenvalue weighted by Crippen LogP contribution is -2.32. The van der Waals surface area contributed by atoms with Gasteiger partial charge in [-0.1, -0.05) is 44.4 Å². The third-order valence-electron chi connectivity index (χ3n) is 3.85. The minimum atomic E-state index is -4.28. The summed E-state index contributed by atoms with van der Waals surface area (Å²) in [4.78, 5) is 54.8. The Morgan fingerprint density at radius 3 is 2.69 bits per heavy atom. The number of hydrogen-bond donors (Lipinski definition) is 4. The highest BCUT2D eigenvalue weighted by Gasteiger charge is 2.12. The standard InChI is InChI=1S/C18H28N3O7P/c1-2-3-4-5-6-9-16(22)19-10-7-8-15-13-21(18(24)20-17(15)23)11-12-28-14-29(25,26)27/h13H,2-6,9-12,14H2,1H3,(H,19,22)(H,20,23,24)(H2,25,26,27). The number of ether oxygens (including phenoxy) is 1. The Hall–Kier alpha value is -2.18. The van der Waals surface area contributed by atoms with E-state index in [1.807, 2.05) is 0 Å². The van der Waals surface area contributed by atoms with Gasteiger partial charge in [0.05, 0.1) is 19.7 Å². The third kappa shape index (κ3) is 11.4. The summed E-state index contributed by atoms with van der Waals surface area (Å²) in [6, 6.07) is 0. The van der Waals surface area contributed by atoms with Crippen LogP contribution in [0.4, 0.5) is 0 Å². The predicted octanol–water partition coefficient (Wildman–Crippen LogP) is 0.517. The lowest BCUT2D eigenvalue weighted by atomic mass is 10.1. The molecule has 0 saturated heterocycles. The fourth-order valence-electron chi connectivity index (χ4n) is 2.37. The van der Waals surface area contributed by atoms with Gasteiger partial charge in [0.15, 0.2) is 0 Å². The fourth-order valence-corrected chi connectivity index (χ4v) is 2.74. The maximum Gasteiger partial charge on any atom is 0.350 e. The van der Waals surface area contributed by atoms with Crippen LogP contribution >= 0.6 is 7.60 Å². The summed E-state index contributed by atoms with van der Waals surface area (Å²) in [6.07, 6.45) is 6.20. The molecule has 0 aliphatic heterocycles. The zero-order valence-electron chi connectivity index (χ0n) is 16.5. The Labute approximate surface area is 168 Å². The number of H-pyrrole nitrogens is 1. The summed E-state index contributed by atoms with van der Waals surface area (Å²) in [5.74, 6) is 5.17. The summed E-state index contributed by atoms with van der Waals surface area (Å²) in [5.41, 5.74) is -1.30. The molecule has 1 heterocycles. The maximum atomic E-state index is 11.8. The minimum absolute atomic E-state index is 0.0148. The topological polar surface area (TPSA) is 151 Å². The molecule has 0 aliphatic rings. The Morgan fingerprint density at radius 1 is 1.28 bits per heavy atom. The fraction of sp³-hybridized carbons (Fsp3) is 0.611. The Balaban J connectivity index is 2.51. The van der Waals surface area contributed by atoms with Gasteiger partial charge in [0.1, 0.15) is 11.9 Å². The van der Waals surface area contributed by atoms with Gasteiger partial charge in [0, 0.05) is 12.6 Å². The van der Waals surface area contributed by atoms with Crippen molar-refractivity contribution in [3.05, 3.63) is 32.6 Å². The van der Waals surface area contributed by atoms with E-state index < -0.39 is 25.2 Å². The van der Waals surface area contributed by atoms with E-state index in [2.05, 4.69) is 29.1 Å². The molecule has 1 amide bonds. The first-order chi connectivity index (χ1) is 13.7. The van der Waals surface area contributed by atoms with Crippen LogP contribution in [0.2, 0.25) is 0 Å². The number of aromatic nitrogens is 2. The van der Waals surface area contributed by atoms with E-state index in [0.717, 1.165) is 30.3 Å². The molecular formula is C18H28N3O7P. The van der Waals surface area contributed by atoms with Crippen LogP contribution in [-0.2, 0) is 20.6 Å². The second-order valence-electron chi connectivity index (χ2n) is 6.44. The average Bonchev–Trinajstić information content (AvgIpc) is 2.64. The van der Waals surface area contributed by atoms with Gasteiger partial charge < -0.3 is 19.8 Å². The normalized spacial score (nSPS) is 11.0. The second-order valence-corrected chi connectivity index (χ2v) is 8.03. The van der Waals surface area contributed by atoms with Gasteiger partial charge >= 0.3 is 13.3 Å². The van der Waals surface area contributed by atoms with E-state index in [0.29, 0.717) is 6.42 Å². The van der Waals surface area contributed by atoms with Crippen molar-refractivity contribution >= 4 is 13.5 Å². The van der Waals surface area contributed by atoms with Gasteiger partial charge in [-0.05, 0) is 6.42 Å². The van der Waals surface area contributed by atoms with Crippen LogP contribution in [0.5, 0.6) is 0 Å². The Kier molecular flexibility index (Phi) is 11.2. The van der Waals surface area contributed by atoms with E-state index in [1.165, 1.54) is 12.6 Å². The lowest BCUT2D eigenvalue weighted by molar-refractivity contribution is -0.120. The van der Waals surface area contributed by atoms with Crippen molar-refractivity contribution in [2.45, 2.75) is 52.0 Å². The van der Waals surface area contributed by atoms with Crippen molar-refractivity contribution in [1.29, 1.82) is 0 Å². The molecule has 0 fully saturated rings. The monoisotopic (exact) mass is 429 g/mol. The smallest absolute Gasteiger partial charge is 0.350 e. The first-order valence-corrected chi connectivity index (χ1v) is 11.2. The van der Waals surface area contributed by atoms with E-state index in [4.69, 9.17) is 14.5 Å². The zero-order valence-corrected chi connectivity index (χ0v) is 17.4. The van der Waals surface area contributed by atoms with E-state index in [9.17, 15) is 18.9 Å². The van der Waals surface area contributed by atoms with Crippen LogP contribution in [0.1, 0.15) is 51.0 Å². The van der Waals surface area contributed by atoms with Crippen LogP contribution in [0.25, 0.3) is 0 Å². The number of aromatic amines is 1. The highest BCUT2D eigenvalue weighted by atomic mass is 31.2. The third-order valence-corrected chi connectivity index (χ3v) is 4.37. The molecule has 0 spiro atoms. The summed E-state index contributed by atoms with van der Waals surface area (Å²) >= 11 is 0. The van der Waals surface area contributed by atoms with Crippen molar-refractivity contribution in [1.82, 2.24) is 14.9 Å². The molecule has 0 aromatic carbocycles. The number of carbonyl (C=O) groups is 1. The van der Waals surface area contributed by atoms with Crippen molar-refractivity contribution in [3.63, 3.8) is 0 Å². The molecule has 1 aromatic heterocycles. The number of nitrogens with one attached hydrogen (secondary N) is 2. The molecular weight excluding hydrogens is 401 g/mol. The summed E-state index contributed by atoms with van der Waals surface area (Å²) in [7, 11) is -4.28. The Bertz CT molecular complexity index is 876. The number of amides is 1. The molecule has 1 rings (SSSR count). The van der Waals surface area contributed by atoms with E-state index >= 15 is 0 Å². The van der Waals surface area contributed by atoms with E-state index in [-0.39, 0.29) is 31.2 Å². The largest absolute Gasteiger partial charge is 0.367 e. The second kappa shape index (κ2) is 13.1. The van der Waals surface area contributed by atoms with Crippen molar-refractivity contribution in [3.8, 4) is 11.8 Å². The molecule has 0 aliphatic carbocycles. The van der Waals surface area contributed by atoms with Crippen LogP contribution in [0.3, 0.4) is 0 Å². The molecule has 0 radical (unpaired) electrons. The van der Waals surface area contributed by atoms with Crippen LogP contribution in [0.15, 0.2) is 15.8 Å². The summed E-state index contributed by atoms with van der Waals surface area (Å²) in [5, 5.41) is 2.66. The molecule has 10 nitrogen and oxygen atoms in total. The highest BCUT2D eigenvalue weighted by molar-refractivity contribution is 7.51. The van der Waals surface area contributed by atoms with Gasteiger partial charge in [-0.25, -0.2) is 4.79 Å². The molecule has 4 N–H and O–H groups in total. The quantitative estimate of drug-likeness (QED) is 0.215. The van der Waals surface area contributed by atoms with Crippen molar-refractivity contribution in [2.24, 2.45) is 0 Å². The molecule has 1 aromatic rings. The first-order valence-electron chi connectivity index (χ1n) is 9.44. The number of rotatable bonds is 12. The van der Waals surface area contributed by atoms with Gasteiger partial charge in [0.25, 0.3) is 5.56 Å². The van der Waals surface area contributed by atoms with Crippen LogP contribution in [0, 0.1) is 11.8 Å². The summed E-state index contributed by atoms with van der Waals surface area (Å²) in [6.45, 7) is 2.07. The van der Waals surface area contributed by atoms with Gasteiger partial charge in [0.2, 0.25) is 5.91 Å². The highest BCUT2D eigenvalue weighted by Crippen LogP contribution is 2.33. The number of carbonyl (C=O) groups excluding carboxylic acids is 1. The van der Waals surface area contributed by atoms with Crippen molar-refractivity contribution < 1.29 is 23.9 Å². The molecule has 11 heteroatoms. The number of nitrogens with zero attached hydrogens (tertiary/aromatic N) is 1.